The van der Waals surface area contributed by atoms with Gasteiger partial charge in [-0.05, 0) is 24.3 Å². The highest BCUT2D eigenvalue weighted by molar-refractivity contribution is 5.81. The molecule has 1 aromatic carbocycles. The van der Waals surface area contributed by atoms with Crippen molar-refractivity contribution in [2.75, 3.05) is 7.11 Å². The number of ether oxygens (including phenoxy) is 2. The van der Waals surface area contributed by atoms with Crippen molar-refractivity contribution in [2.45, 2.75) is 6.61 Å². The van der Waals surface area contributed by atoms with Crippen LogP contribution in [0.25, 0.3) is 5.65 Å². The first kappa shape index (κ1) is 13.2. The van der Waals surface area contributed by atoms with Gasteiger partial charge in [0.2, 0.25) is 0 Å². The second-order valence-electron chi connectivity index (χ2n) is 4.48. The van der Waals surface area contributed by atoms with Gasteiger partial charge in [0.05, 0.1) is 18.4 Å². The normalized spacial score (nSPS) is 10.5. The van der Waals surface area contributed by atoms with Crippen LogP contribution in [-0.2, 0) is 6.61 Å². The highest BCUT2D eigenvalue weighted by Crippen LogP contribution is 2.30. The molecule has 0 aliphatic carbocycles. The molecule has 0 bridgehead atoms. The van der Waals surface area contributed by atoms with Crippen molar-refractivity contribution in [2.24, 2.45) is 0 Å². The average molecular weight is 282 g/mol. The molecule has 0 fully saturated rings. The molecule has 0 atom stereocenters. The van der Waals surface area contributed by atoms with E-state index in [0.717, 1.165) is 17.6 Å². The maximum Gasteiger partial charge on any atom is 0.172 e. The molecule has 2 heterocycles. The fourth-order valence-corrected chi connectivity index (χ4v) is 2.14. The van der Waals surface area contributed by atoms with Crippen molar-refractivity contribution in [3.05, 3.63) is 60.0 Å². The van der Waals surface area contributed by atoms with Crippen molar-refractivity contribution in [1.29, 1.82) is 0 Å². The zero-order chi connectivity index (χ0) is 14.7. The van der Waals surface area contributed by atoms with E-state index in [4.69, 9.17) is 9.47 Å². The van der Waals surface area contributed by atoms with Crippen molar-refractivity contribution in [1.82, 2.24) is 9.38 Å². The monoisotopic (exact) mass is 282 g/mol. The topological polar surface area (TPSA) is 52.8 Å². The molecule has 0 N–H and O–H groups in total. The minimum atomic E-state index is 0.267. The predicted octanol–water partition coefficient (Wildman–Crippen LogP) is 2.73. The molecule has 0 saturated carbocycles. The van der Waals surface area contributed by atoms with E-state index in [2.05, 4.69) is 4.98 Å². The van der Waals surface area contributed by atoms with Crippen LogP contribution in [0.2, 0.25) is 0 Å². The van der Waals surface area contributed by atoms with Gasteiger partial charge in [-0.3, -0.25) is 4.79 Å². The number of nitrogens with zero attached hydrogens (tertiary/aromatic N) is 2. The molecule has 0 aliphatic heterocycles. The van der Waals surface area contributed by atoms with E-state index >= 15 is 0 Å². The summed E-state index contributed by atoms with van der Waals surface area (Å²) in [5.74, 6) is 0.968. The highest BCUT2D eigenvalue weighted by Gasteiger charge is 2.11. The zero-order valence-corrected chi connectivity index (χ0v) is 11.5. The maximum absolute atomic E-state index is 11.1. The lowest BCUT2D eigenvalue weighted by atomic mass is 10.2. The molecule has 2 aromatic heterocycles. The number of hydrogen-bond donors (Lipinski definition) is 0. The summed E-state index contributed by atoms with van der Waals surface area (Å²) in [5, 5.41) is 0. The van der Waals surface area contributed by atoms with E-state index in [-0.39, 0.29) is 6.61 Å². The Morgan fingerprint density at radius 2 is 2.14 bits per heavy atom. The quantitative estimate of drug-likeness (QED) is 0.675. The van der Waals surface area contributed by atoms with Gasteiger partial charge in [-0.25, -0.2) is 4.98 Å². The molecule has 0 unspecified atom stereocenters. The first-order chi connectivity index (χ1) is 10.3. The number of aldehydes is 1. The van der Waals surface area contributed by atoms with Gasteiger partial charge in [0.1, 0.15) is 12.3 Å². The van der Waals surface area contributed by atoms with E-state index in [1.165, 1.54) is 0 Å². The van der Waals surface area contributed by atoms with Crippen LogP contribution in [0.5, 0.6) is 11.5 Å². The number of pyridine rings is 1. The fraction of sp³-hybridized carbons (Fsp3) is 0.125. The number of methoxy groups -OCH3 is 1. The molecule has 0 radical (unpaired) electrons. The van der Waals surface area contributed by atoms with E-state index in [1.807, 2.05) is 35.0 Å². The van der Waals surface area contributed by atoms with Gasteiger partial charge >= 0.3 is 0 Å². The van der Waals surface area contributed by atoms with Crippen LogP contribution in [-0.4, -0.2) is 22.8 Å². The Labute approximate surface area is 121 Å². The lowest BCUT2D eigenvalue weighted by molar-refractivity contribution is 0.111. The van der Waals surface area contributed by atoms with Gasteiger partial charge in [0, 0.05) is 12.4 Å². The molecule has 3 rings (SSSR count). The van der Waals surface area contributed by atoms with Crippen LogP contribution in [0.1, 0.15) is 16.1 Å². The SMILES string of the molecule is COc1cccc(C=O)c1OCc1cn2ccccc2n1. The van der Waals surface area contributed by atoms with Gasteiger partial charge in [-0.1, -0.05) is 12.1 Å². The van der Waals surface area contributed by atoms with Crippen molar-refractivity contribution in [3.8, 4) is 11.5 Å². The van der Waals surface area contributed by atoms with E-state index in [9.17, 15) is 4.79 Å². The maximum atomic E-state index is 11.1. The molecule has 0 spiro atoms. The summed E-state index contributed by atoms with van der Waals surface area (Å²) in [6, 6.07) is 11.0. The Morgan fingerprint density at radius 3 is 2.90 bits per heavy atom. The van der Waals surface area contributed by atoms with E-state index in [0.29, 0.717) is 17.1 Å². The molecular weight excluding hydrogens is 268 g/mol. The second-order valence-corrected chi connectivity index (χ2v) is 4.48. The number of para-hydroxylation sites is 1. The Balaban J connectivity index is 1.85. The molecule has 3 aromatic rings. The largest absolute Gasteiger partial charge is 0.493 e. The third kappa shape index (κ3) is 2.58. The zero-order valence-electron chi connectivity index (χ0n) is 11.5. The minimum absolute atomic E-state index is 0.267. The Kier molecular flexibility index (Phi) is 3.55. The number of rotatable bonds is 5. The number of carbonyl (C=O) groups is 1. The summed E-state index contributed by atoms with van der Waals surface area (Å²) in [4.78, 5) is 15.5. The van der Waals surface area contributed by atoms with Crippen molar-refractivity contribution in [3.63, 3.8) is 0 Å². The summed E-state index contributed by atoms with van der Waals surface area (Å²) < 4.78 is 12.9. The first-order valence-corrected chi connectivity index (χ1v) is 6.49. The number of hydrogen-bond acceptors (Lipinski definition) is 4. The van der Waals surface area contributed by atoms with Gasteiger partial charge < -0.3 is 13.9 Å². The summed E-state index contributed by atoms with van der Waals surface area (Å²) in [5.41, 5.74) is 2.09. The molecule has 0 saturated heterocycles. The summed E-state index contributed by atoms with van der Waals surface area (Å²) >= 11 is 0. The van der Waals surface area contributed by atoms with Crippen molar-refractivity contribution < 1.29 is 14.3 Å². The fourth-order valence-electron chi connectivity index (χ4n) is 2.14. The highest BCUT2D eigenvalue weighted by atomic mass is 16.5. The third-order valence-electron chi connectivity index (χ3n) is 3.13. The van der Waals surface area contributed by atoms with Crippen molar-refractivity contribution >= 4 is 11.9 Å². The summed E-state index contributed by atoms with van der Waals surface area (Å²) in [7, 11) is 1.54. The molecular formula is C16H14N2O3. The standard InChI is InChI=1S/C16H14N2O3/c1-20-14-6-4-5-12(10-19)16(14)21-11-13-9-18-8-3-2-7-15(18)17-13/h2-10H,11H2,1H3. The van der Waals surface area contributed by atoms with E-state index in [1.54, 1.807) is 25.3 Å². The molecule has 21 heavy (non-hydrogen) atoms. The smallest absolute Gasteiger partial charge is 0.172 e. The average Bonchev–Trinajstić information content (AvgIpc) is 2.95. The summed E-state index contributed by atoms with van der Waals surface area (Å²) in [6.07, 6.45) is 4.57. The lowest BCUT2D eigenvalue weighted by Gasteiger charge is -2.11. The minimum Gasteiger partial charge on any atom is -0.493 e. The number of fused-ring (bicyclic) bond motifs is 1. The Morgan fingerprint density at radius 1 is 1.24 bits per heavy atom. The molecule has 106 valence electrons. The lowest BCUT2D eigenvalue weighted by Crippen LogP contribution is -2.01. The van der Waals surface area contributed by atoms with Crippen LogP contribution in [0, 0.1) is 0 Å². The number of benzene rings is 1. The van der Waals surface area contributed by atoms with Crippen LogP contribution in [0.3, 0.4) is 0 Å². The summed E-state index contributed by atoms with van der Waals surface area (Å²) in [6.45, 7) is 0.267. The number of carbonyl (C=O) groups excluding carboxylic acids is 1. The van der Waals surface area contributed by atoms with E-state index < -0.39 is 0 Å². The van der Waals surface area contributed by atoms with Crippen LogP contribution in [0.4, 0.5) is 0 Å². The first-order valence-electron chi connectivity index (χ1n) is 6.49. The number of aromatic nitrogens is 2. The van der Waals surface area contributed by atoms with Crippen LogP contribution >= 0.6 is 0 Å². The molecule has 5 nitrogen and oxygen atoms in total. The molecule has 0 aliphatic rings. The van der Waals surface area contributed by atoms with Gasteiger partial charge in [-0.2, -0.15) is 0 Å². The van der Waals surface area contributed by atoms with Gasteiger partial charge in [0.25, 0.3) is 0 Å². The second kappa shape index (κ2) is 5.66. The molecule has 5 heteroatoms. The van der Waals surface area contributed by atoms with Gasteiger partial charge in [-0.15, -0.1) is 0 Å². The molecule has 0 amide bonds. The Hall–Kier alpha value is -2.82. The van der Waals surface area contributed by atoms with Crippen LogP contribution in [0.15, 0.2) is 48.8 Å². The third-order valence-corrected chi connectivity index (χ3v) is 3.13. The van der Waals surface area contributed by atoms with Crippen LogP contribution < -0.4 is 9.47 Å². The Bertz CT molecular complexity index is 747. The number of imidazole rings is 1. The predicted molar refractivity (Wildman–Crippen MR) is 77.9 cm³/mol. The van der Waals surface area contributed by atoms with Gasteiger partial charge in [0.15, 0.2) is 17.8 Å².